The molecule has 0 aliphatic heterocycles. The Labute approximate surface area is 162 Å². The lowest BCUT2D eigenvalue weighted by atomic mass is 10.0. The summed E-state index contributed by atoms with van der Waals surface area (Å²) in [5.41, 5.74) is 0. The van der Waals surface area contributed by atoms with Crippen molar-refractivity contribution < 1.29 is 0 Å². The lowest BCUT2D eigenvalue weighted by Gasteiger charge is -2.37. The first-order chi connectivity index (χ1) is 12.0. The standard InChI is InChI=1S/C23H51NSi/c1-7-9-10-11-12-13-14-15-16-17-18-19-20-21-22-23(3)24(4)25(5,6)8-2/h23H,7-22H2,1-6H3. The summed E-state index contributed by atoms with van der Waals surface area (Å²) in [4.78, 5) is 0. The third-order valence-corrected chi connectivity index (χ3v) is 10.5. The van der Waals surface area contributed by atoms with E-state index in [9.17, 15) is 0 Å². The van der Waals surface area contributed by atoms with Gasteiger partial charge < -0.3 is 4.57 Å². The minimum atomic E-state index is -1.12. The summed E-state index contributed by atoms with van der Waals surface area (Å²) in [5.74, 6) is 0. The lowest BCUT2D eigenvalue weighted by Crippen LogP contribution is -2.49. The zero-order valence-electron chi connectivity index (χ0n) is 18.8. The van der Waals surface area contributed by atoms with E-state index < -0.39 is 8.24 Å². The lowest BCUT2D eigenvalue weighted by molar-refractivity contribution is 0.357. The van der Waals surface area contributed by atoms with Crippen molar-refractivity contribution in [2.24, 2.45) is 0 Å². The van der Waals surface area contributed by atoms with Crippen molar-refractivity contribution >= 4 is 8.24 Å². The van der Waals surface area contributed by atoms with Gasteiger partial charge in [-0.1, -0.05) is 124 Å². The minimum Gasteiger partial charge on any atom is -0.324 e. The van der Waals surface area contributed by atoms with Crippen LogP contribution in [-0.4, -0.2) is 25.9 Å². The molecule has 1 unspecified atom stereocenters. The largest absolute Gasteiger partial charge is 0.324 e. The molecule has 0 aromatic carbocycles. The fourth-order valence-corrected chi connectivity index (χ4v) is 5.50. The van der Waals surface area contributed by atoms with Gasteiger partial charge in [0, 0.05) is 6.04 Å². The van der Waals surface area contributed by atoms with Gasteiger partial charge in [-0.2, -0.15) is 0 Å². The van der Waals surface area contributed by atoms with E-state index in [2.05, 4.69) is 45.5 Å². The van der Waals surface area contributed by atoms with Crippen LogP contribution >= 0.6 is 0 Å². The first-order valence-corrected chi connectivity index (χ1v) is 14.8. The van der Waals surface area contributed by atoms with Gasteiger partial charge in [-0.3, -0.25) is 0 Å². The first kappa shape index (κ1) is 25.2. The molecular weight excluding hydrogens is 318 g/mol. The van der Waals surface area contributed by atoms with Crippen LogP contribution in [0.1, 0.15) is 117 Å². The Kier molecular flexibility index (Phi) is 16.5. The molecule has 0 heterocycles. The van der Waals surface area contributed by atoms with Gasteiger partial charge in [-0.25, -0.2) is 0 Å². The first-order valence-electron chi connectivity index (χ1n) is 11.7. The number of rotatable bonds is 18. The quantitative estimate of drug-likeness (QED) is 0.173. The maximum absolute atomic E-state index is 2.72. The van der Waals surface area contributed by atoms with Crippen LogP contribution < -0.4 is 0 Å². The van der Waals surface area contributed by atoms with Gasteiger partial charge >= 0.3 is 0 Å². The highest BCUT2D eigenvalue weighted by Gasteiger charge is 2.27. The Bertz CT molecular complexity index is 277. The average molecular weight is 370 g/mol. The van der Waals surface area contributed by atoms with Crippen molar-refractivity contribution in [2.45, 2.75) is 142 Å². The maximum atomic E-state index is 2.72. The fraction of sp³-hybridized carbons (Fsp3) is 1.00. The van der Waals surface area contributed by atoms with Crippen molar-refractivity contribution in [3.05, 3.63) is 0 Å². The molecule has 0 amide bonds. The van der Waals surface area contributed by atoms with Crippen molar-refractivity contribution in [3.8, 4) is 0 Å². The molecule has 0 aliphatic rings. The number of hydrogen-bond donors (Lipinski definition) is 0. The Morgan fingerprint density at radius 1 is 0.640 bits per heavy atom. The van der Waals surface area contributed by atoms with E-state index in [-0.39, 0.29) is 0 Å². The minimum absolute atomic E-state index is 0.777. The normalized spacial score (nSPS) is 13.6. The molecule has 152 valence electrons. The Hall–Kier alpha value is 0.177. The van der Waals surface area contributed by atoms with Crippen LogP contribution in [0.25, 0.3) is 0 Å². The summed E-state index contributed by atoms with van der Waals surface area (Å²) in [6, 6.07) is 2.14. The summed E-state index contributed by atoms with van der Waals surface area (Å²) >= 11 is 0. The molecule has 0 aromatic rings. The molecular formula is C23H51NSi. The van der Waals surface area contributed by atoms with E-state index >= 15 is 0 Å². The Balaban J connectivity index is 3.34. The smallest absolute Gasteiger partial charge is 0.121 e. The number of unbranched alkanes of at least 4 members (excludes halogenated alkanes) is 13. The van der Waals surface area contributed by atoms with E-state index in [0.717, 1.165) is 6.04 Å². The monoisotopic (exact) mass is 369 g/mol. The Morgan fingerprint density at radius 3 is 1.36 bits per heavy atom. The molecule has 0 fully saturated rings. The molecule has 0 spiro atoms. The summed E-state index contributed by atoms with van der Waals surface area (Å²) in [5, 5.41) is 0. The van der Waals surface area contributed by atoms with Crippen molar-refractivity contribution in [2.75, 3.05) is 7.05 Å². The van der Waals surface area contributed by atoms with Crippen LogP contribution in [0.15, 0.2) is 0 Å². The van der Waals surface area contributed by atoms with Crippen LogP contribution in [-0.2, 0) is 0 Å². The third-order valence-electron chi connectivity index (χ3n) is 6.46. The third kappa shape index (κ3) is 14.0. The molecule has 0 saturated carbocycles. The van der Waals surface area contributed by atoms with E-state index in [1.807, 2.05) is 0 Å². The summed E-state index contributed by atoms with van der Waals surface area (Å²) in [6.45, 7) is 12.1. The van der Waals surface area contributed by atoms with Gasteiger partial charge in [0.1, 0.15) is 8.24 Å². The molecule has 0 bridgehead atoms. The van der Waals surface area contributed by atoms with E-state index in [4.69, 9.17) is 0 Å². The molecule has 1 nitrogen and oxygen atoms in total. The second-order valence-corrected chi connectivity index (χ2v) is 14.0. The molecule has 2 heteroatoms. The van der Waals surface area contributed by atoms with Crippen molar-refractivity contribution in [3.63, 3.8) is 0 Å². The maximum Gasteiger partial charge on any atom is 0.121 e. The second kappa shape index (κ2) is 16.4. The van der Waals surface area contributed by atoms with Crippen LogP contribution in [0.2, 0.25) is 19.1 Å². The van der Waals surface area contributed by atoms with Crippen LogP contribution in [0.4, 0.5) is 0 Å². The highest BCUT2D eigenvalue weighted by molar-refractivity contribution is 6.74. The molecule has 0 rings (SSSR count). The molecule has 0 aliphatic carbocycles. The van der Waals surface area contributed by atoms with Gasteiger partial charge in [0.15, 0.2) is 0 Å². The van der Waals surface area contributed by atoms with Gasteiger partial charge in [-0.05, 0) is 19.5 Å². The number of nitrogens with zero attached hydrogens (tertiary/aromatic N) is 1. The summed E-state index contributed by atoms with van der Waals surface area (Å²) in [7, 11) is 1.25. The Morgan fingerprint density at radius 2 is 1.00 bits per heavy atom. The van der Waals surface area contributed by atoms with E-state index in [1.165, 1.54) is 102 Å². The van der Waals surface area contributed by atoms with Crippen LogP contribution in [0.5, 0.6) is 0 Å². The van der Waals surface area contributed by atoms with Crippen LogP contribution in [0, 0.1) is 0 Å². The highest BCUT2D eigenvalue weighted by Crippen LogP contribution is 2.20. The molecule has 0 aromatic heterocycles. The fourth-order valence-electron chi connectivity index (χ4n) is 3.67. The predicted molar refractivity (Wildman–Crippen MR) is 120 cm³/mol. The van der Waals surface area contributed by atoms with E-state index in [0.29, 0.717) is 0 Å². The molecule has 25 heavy (non-hydrogen) atoms. The van der Waals surface area contributed by atoms with Crippen molar-refractivity contribution in [1.82, 2.24) is 4.57 Å². The zero-order chi connectivity index (χ0) is 19.0. The van der Waals surface area contributed by atoms with Gasteiger partial charge in [0.25, 0.3) is 0 Å². The van der Waals surface area contributed by atoms with Gasteiger partial charge in [-0.15, -0.1) is 0 Å². The SMILES string of the molecule is CCCCCCCCCCCCCCCCC(C)N(C)[Si](C)(C)CC. The van der Waals surface area contributed by atoms with Crippen molar-refractivity contribution in [1.29, 1.82) is 0 Å². The number of hydrogen-bond acceptors (Lipinski definition) is 1. The van der Waals surface area contributed by atoms with Gasteiger partial charge in [0.05, 0.1) is 0 Å². The molecule has 0 N–H and O–H groups in total. The topological polar surface area (TPSA) is 3.24 Å². The van der Waals surface area contributed by atoms with Gasteiger partial charge in [0.2, 0.25) is 0 Å². The van der Waals surface area contributed by atoms with E-state index in [1.54, 1.807) is 0 Å². The summed E-state index contributed by atoms with van der Waals surface area (Å²) in [6.07, 6.45) is 21.8. The van der Waals surface area contributed by atoms with Crippen LogP contribution in [0.3, 0.4) is 0 Å². The molecule has 0 saturated heterocycles. The second-order valence-electron chi connectivity index (χ2n) is 9.01. The molecule has 1 atom stereocenters. The predicted octanol–water partition coefficient (Wildman–Crippen LogP) is 8.40. The highest BCUT2D eigenvalue weighted by atomic mass is 28.3. The molecule has 0 radical (unpaired) electrons. The zero-order valence-corrected chi connectivity index (χ0v) is 19.8. The summed E-state index contributed by atoms with van der Waals surface area (Å²) < 4.78 is 2.72. The average Bonchev–Trinajstić information content (AvgIpc) is 2.61.